The first-order valence-electron chi connectivity index (χ1n) is 8.38. The summed E-state index contributed by atoms with van der Waals surface area (Å²) >= 11 is 8.92. The molecule has 154 valence electrons. The third kappa shape index (κ3) is 4.50. The Morgan fingerprint density at radius 1 is 1.20 bits per heavy atom. The maximum atomic E-state index is 12.2. The first-order chi connectivity index (χ1) is 14.3. The molecule has 1 amide bonds. The summed E-state index contributed by atoms with van der Waals surface area (Å²) in [6.45, 7) is 0. The number of hydrogen-bond donors (Lipinski definition) is 2. The van der Waals surface area contributed by atoms with Gasteiger partial charge in [0, 0.05) is 15.8 Å². The number of rotatable bonds is 6. The highest BCUT2D eigenvalue weighted by Crippen LogP contribution is 2.41. The van der Waals surface area contributed by atoms with Gasteiger partial charge in [0.2, 0.25) is 15.9 Å². The molecular formula is C18H13ClN4O4S3. The van der Waals surface area contributed by atoms with Gasteiger partial charge in [-0.2, -0.15) is 0 Å². The van der Waals surface area contributed by atoms with Crippen LogP contribution in [0.3, 0.4) is 0 Å². The Morgan fingerprint density at radius 2 is 2.00 bits per heavy atom. The molecule has 0 spiro atoms. The van der Waals surface area contributed by atoms with Crippen LogP contribution in [0.2, 0.25) is 5.02 Å². The van der Waals surface area contributed by atoms with Crippen LogP contribution in [0.5, 0.6) is 0 Å². The third-order valence-electron chi connectivity index (χ3n) is 3.91. The molecule has 4 aromatic rings. The number of nitrogens with two attached hydrogens (primary N) is 1. The molecule has 0 bridgehead atoms. The number of primary sulfonamides is 1. The number of hydrogen-bond acceptors (Lipinski definition) is 8. The summed E-state index contributed by atoms with van der Waals surface area (Å²) in [5.41, 5.74) is 0.315. The lowest BCUT2D eigenvalue weighted by Crippen LogP contribution is -2.16. The monoisotopic (exact) mass is 480 g/mol. The SMILES string of the molecule is NS(=O)(=O)c1cccc(NC(=O)CSc2nnc(-c3sc4ccccc4c3Cl)o2)c1. The summed E-state index contributed by atoms with van der Waals surface area (Å²) in [6, 6.07) is 13.4. The minimum Gasteiger partial charge on any atom is -0.410 e. The number of thiophene rings is 1. The molecule has 30 heavy (non-hydrogen) atoms. The summed E-state index contributed by atoms with van der Waals surface area (Å²) in [7, 11) is -3.85. The van der Waals surface area contributed by atoms with E-state index in [4.69, 9.17) is 21.2 Å². The fourth-order valence-electron chi connectivity index (χ4n) is 2.59. The van der Waals surface area contributed by atoms with Gasteiger partial charge in [0.25, 0.3) is 11.1 Å². The summed E-state index contributed by atoms with van der Waals surface area (Å²) in [4.78, 5) is 12.8. The van der Waals surface area contributed by atoms with E-state index in [2.05, 4.69) is 15.5 Å². The van der Waals surface area contributed by atoms with Crippen molar-refractivity contribution in [1.82, 2.24) is 10.2 Å². The fourth-order valence-corrected chi connectivity index (χ4v) is 5.14. The average molecular weight is 481 g/mol. The van der Waals surface area contributed by atoms with Gasteiger partial charge in [-0.25, -0.2) is 13.6 Å². The van der Waals surface area contributed by atoms with E-state index in [-0.39, 0.29) is 27.7 Å². The van der Waals surface area contributed by atoms with Crippen LogP contribution in [0.15, 0.2) is 63.1 Å². The lowest BCUT2D eigenvalue weighted by molar-refractivity contribution is -0.113. The minimum absolute atomic E-state index is 0.0125. The molecule has 0 saturated carbocycles. The zero-order valence-corrected chi connectivity index (χ0v) is 18.2. The average Bonchev–Trinajstić information content (AvgIpc) is 3.31. The van der Waals surface area contributed by atoms with Gasteiger partial charge in [0.15, 0.2) is 0 Å². The van der Waals surface area contributed by atoms with Gasteiger partial charge in [-0.3, -0.25) is 4.79 Å². The number of halogens is 1. The van der Waals surface area contributed by atoms with Gasteiger partial charge >= 0.3 is 0 Å². The second kappa shape index (κ2) is 8.36. The van der Waals surface area contributed by atoms with Crippen LogP contribution in [-0.4, -0.2) is 30.3 Å². The highest BCUT2D eigenvalue weighted by molar-refractivity contribution is 7.99. The van der Waals surface area contributed by atoms with Crippen molar-refractivity contribution in [2.24, 2.45) is 5.14 Å². The van der Waals surface area contributed by atoms with Crippen molar-refractivity contribution in [2.45, 2.75) is 10.1 Å². The van der Waals surface area contributed by atoms with Crippen LogP contribution in [0.4, 0.5) is 5.69 Å². The molecule has 0 unspecified atom stereocenters. The van der Waals surface area contributed by atoms with E-state index in [0.717, 1.165) is 21.8 Å². The van der Waals surface area contributed by atoms with Crippen molar-refractivity contribution in [3.05, 3.63) is 53.6 Å². The number of anilines is 1. The molecule has 4 rings (SSSR count). The minimum atomic E-state index is -3.85. The predicted molar refractivity (Wildman–Crippen MR) is 117 cm³/mol. The lowest BCUT2D eigenvalue weighted by atomic mass is 10.2. The third-order valence-corrected chi connectivity index (χ3v) is 7.30. The predicted octanol–water partition coefficient (Wildman–Crippen LogP) is 3.98. The Morgan fingerprint density at radius 3 is 2.77 bits per heavy atom. The highest BCUT2D eigenvalue weighted by atomic mass is 35.5. The summed E-state index contributed by atoms with van der Waals surface area (Å²) < 4.78 is 29.5. The van der Waals surface area contributed by atoms with Crippen LogP contribution in [0.25, 0.3) is 20.9 Å². The van der Waals surface area contributed by atoms with E-state index in [1.54, 1.807) is 6.07 Å². The van der Waals surface area contributed by atoms with E-state index in [0.29, 0.717) is 15.6 Å². The zero-order chi connectivity index (χ0) is 21.3. The van der Waals surface area contributed by atoms with Crippen LogP contribution in [-0.2, 0) is 14.8 Å². The van der Waals surface area contributed by atoms with Crippen LogP contribution >= 0.6 is 34.7 Å². The number of carbonyl (C=O) groups excluding carboxylic acids is 1. The molecule has 2 aromatic heterocycles. The van der Waals surface area contributed by atoms with Gasteiger partial charge in [-0.1, -0.05) is 47.6 Å². The molecule has 0 aliphatic rings. The Bertz CT molecular complexity index is 1350. The smallest absolute Gasteiger partial charge is 0.277 e. The van der Waals surface area contributed by atoms with E-state index in [1.807, 2.05) is 24.3 Å². The van der Waals surface area contributed by atoms with Crippen LogP contribution < -0.4 is 10.5 Å². The molecule has 0 aliphatic heterocycles. The van der Waals surface area contributed by atoms with Crippen molar-refractivity contribution < 1.29 is 17.6 Å². The standard InChI is InChI=1S/C18H13ClN4O4S3/c19-15-12-6-1-2-7-13(12)29-16(15)17-22-23-18(27-17)28-9-14(24)21-10-4-3-5-11(8-10)30(20,25)26/h1-8H,9H2,(H,21,24)(H2,20,25,26). The maximum Gasteiger partial charge on any atom is 0.277 e. The van der Waals surface area contributed by atoms with Crippen LogP contribution in [0, 0.1) is 0 Å². The Labute approximate surface area is 184 Å². The molecule has 3 N–H and O–H groups in total. The van der Waals surface area contributed by atoms with Gasteiger partial charge in [-0.05, 0) is 24.3 Å². The number of sulfonamides is 1. The summed E-state index contributed by atoms with van der Waals surface area (Å²) in [5.74, 6) is -0.0994. The van der Waals surface area contributed by atoms with E-state index in [9.17, 15) is 13.2 Å². The quantitative estimate of drug-likeness (QED) is 0.399. The Kier molecular flexibility index (Phi) is 5.80. The number of benzene rings is 2. The van der Waals surface area contributed by atoms with Gasteiger partial charge in [0.05, 0.1) is 15.7 Å². The molecule has 0 radical (unpaired) electrons. The molecule has 0 atom stereocenters. The molecule has 0 fully saturated rings. The molecular weight excluding hydrogens is 468 g/mol. The lowest BCUT2D eigenvalue weighted by Gasteiger charge is -2.05. The van der Waals surface area contributed by atoms with Crippen molar-refractivity contribution >= 4 is 66.4 Å². The van der Waals surface area contributed by atoms with Crippen molar-refractivity contribution in [2.75, 3.05) is 11.1 Å². The van der Waals surface area contributed by atoms with Gasteiger partial charge < -0.3 is 9.73 Å². The van der Waals surface area contributed by atoms with Crippen molar-refractivity contribution in [3.8, 4) is 10.8 Å². The summed E-state index contributed by atoms with van der Waals surface area (Å²) in [5, 5.41) is 17.3. The second-order valence-corrected chi connectivity index (χ2v) is 9.94. The highest BCUT2D eigenvalue weighted by Gasteiger charge is 2.18. The molecule has 2 heterocycles. The normalized spacial score (nSPS) is 11.7. The Balaban J connectivity index is 1.42. The van der Waals surface area contributed by atoms with Crippen molar-refractivity contribution in [1.29, 1.82) is 0 Å². The number of carbonyl (C=O) groups is 1. The number of fused-ring (bicyclic) bond motifs is 1. The number of aromatic nitrogens is 2. The summed E-state index contributed by atoms with van der Waals surface area (Å²) in [6.07, 6.45) is 0. The van der Waals surface area contributed by atoms with Crippen molar-refractivity contribution in [3.63, 3.8) is 0 Å². The fraction of sp³-hybridized carbons (Fsp3) is 0.0556. The second-order valence-electron chi connectivity index (χ2n) is 6.02. The number of thioether (sulfide) groups is 1. The molecule has 2 aromatic carbocycles. The number of amides is 1. The molecule has 12 heteroatoms. The van der Waals surface area contributed by atoms with Crippen LogP contribution in [0.1, 0.15) is 0 Å². The first kappa shape index (κ1) is 20.8. The first-order valence-corrected chi connectivity index (χ1v) is 12.1. The number of nitrogens with zero attached hydrogens (tertiary/aromatic N) is 2. The van der Waals surface area contributed by atoms with Gasteiger partial charge in [-0.15, -0.1) is 21.5 Å². The number of nitrogens with one attached hydrogen (secondary N) is 1. The molecule has 0 saturated heterocycles. The van der Waals surface area contributed by atoms with E-state index in [1.165, 1.54) is 29.5 Å². The topological polar surface area (TPSA) is 128 Å². The van der Waals surface area contributed by atoms with Gasteiger partial charge in [0.1, 0.15) is 4.88 Å². The Hall–Kier alpha value is -2.44. The molecule has 8 nitrogen and oxygen atoms in total. The zero-order valence-electron chi connectivity index (χ0n) is 15.0. The van der Waals surface area contributed by atoms with E-state index >= 15 is 0 Å². The largest absolute Gasteiger partial charge is 0.410 e. The van der Waals surface area contributed by atoms with E-state index < -0.39 is 10.0 Å². The maximum absolute atomic E-state index is 12.2. The molecule has 0 aliphatic carbocycles.